The zero-order valence-electron chi connectivity index (χ0n) is 35.9. The number of esters is 4. The average molecular weight is 998 g/mol. The summed E-state index contributed by atoms with van der Waals surface area (Å²) in [4.78, 5) is 76.0. The fourth-order valence-electron chi connectivity index (χ4n) is 6.55. The van der Waals surface area contributed by atoms with Crippen LogP contribution in [0.1, 0.15) is 46.6 Å². The van der Waals surface area contributed by atoms with E-state index in [0.29, 0.717) is 5.56 Å². The van der Waals surface area contributed by atoms with Crippen LogP contribution < -0.4 is 10.6 Å². The number of alkyl halides is 3. The summed E-state index contributed by atoms with van der Waals surface area (Å²) in [6, 6.07) is 13.8. The minimum Gasteiger partial charge on any atom is -0.463 e. The Kier molecular flexibility index (Phi) is 20.5. The Balaban J connectivity index is 1.75. The van der Waals surface area contributed by atoms with E-state index in [9.17, 15) is 37.2 Å². The number of halogens is 3. The summed E-state index contributed by atoms with van der Waals surface area (Å²) in [7, 11) is -3.85. The molecule has 2 aliphatic heterocycles. The van der Waals surface area contributed by atoms with E-state index < -0.39 is 143 Å². The van der Waals surface area contributed by atoms with Crippen molar-refractivity contribution in [1.29, 1.82) is 0 Å². The van der Waals surface area contributed by atoms with Crippen LogP contribution in [-0.4, -0.2) is 142 Å². The van der Waals surface area contributed by atoms with Crippen LogP contribution in [0.3, 0.4) is 0 Å². The van der Waals surface area contributed by atoms with Gasteiger partial charge < -0.3 is 58.0 Å². The van der Waals surface area contributed by atoms with E-state index in [4.69, 9.17) is 82.2 Å². The molecular weight excluding hydrogens is 947 g/mol. The van der Waals surface area contributed by atoms with Gasteiger partial charge in [-0.1, -0.05) is 83.3 Å². The van der Waals surface area contributed by atoms with E-state index in [-0.39, 0.29) is 17.9 Å². The molecule has 2 aliphatic rings. The van der Waals surface area contributed by atoms with Crippen molar-refractivity contribution in [3.05, 3.63) is 66.2 Å². The molecule has 0 unspecified atom stereocenters. The Morgan fingerprint density at radius 3 is 1.95 bits per heavy atom. The Bertz CT molecular complexity index is 2030. The van der Waals surface area contributed by atoms with E-state index in [1.165, 1.54) is 26.0 Å². The second kappa shape index (κ2) is 25.0. The lowest BCUT2D eigenvalue weighted by molar-refractivity contribution is -0.331. The van der Waals surface area contributed by atoms with E-state index in [2.05, 4.69) is 10.6 Å². The molecule has 2 N–H and O–H groups in total. The number of amides is 2. The maximum absolute atomic E-state index is 13.6. The van der Waals surface area contributed by atoms with E-state index >= 15 is 0 Å². The zero-order valence-corrected chi connectivity index (χ0v) is 39.0. The van der Waals surface area contributed by atoms with Crippen LogP contribution >= 0.6 is 34.8 Å². The van der Waals surface area contributed by atoms with Gasteiger partial charge in [0.25, 0.3) is 0 Å². The third-order valence-corrected chi connectivity index (χ3v) is 11.4. The molecule has 20 nitrogen and oxygen atoms in total. The van der Waals surface area contributed by atoms with Crippen LogP contribution in [-0.2, 0) is 87.8 Å². The van der Waals surface area contributed by atoms with Crippen molar-refractivity contribution in [2.75, 3.05) is 32.2 Å². The molecule has 10 atom stereocenters. The number of alkyl carbamates (subject to hydrolysis) is 1. The molecule has 4 rings (SSSR count). The summed E-state index contributed by atoms with van der Waals surface area (Å²) >= 11 is 17.4. The summed E-state index contributed by atoms with van der Waals surface area (Å²) in [6.07, 6.45) is -12.8. The third kappa shape index (κ3) is 17.8. The summed E-state index contributed by atoms with van der Waals surface area (Å²) in [6.45, 7) is 3.54. The molecular formula is C41H51Cl3N2O18S. The number of carbonyl (C=O) groups excluding carboxylic acids is 6. The first kappa shape index (κ1) is 53.3. The second-order valence-electron chi connectivity index (χ2n) is 14.7. The Morgan fingerprint density at radius 1 is 0.769 bits per heavy atom. The number of hydrogen-bond donors (Lipinski definition) is 2. The first-order chi connectivity index (χ1) is 30.6. The Morgan fingerprint density at radius 2 is 1.37 bits per heavy atom. The van der Waals surface area contributed by atoms with Gasteiger partial charge in [0.2, 0.25) is 9.70 Å². The van der Waals surface area contributed by atoms with Gasteiger partial charge in [-0.15, -0.1) is 0 Å². The molecule has 0 aliphatic carbocycles. The maximum atomic E-state index is 13.6. The first-order valence-corrected chi connectivity index (χ1v) is 22.8. The first-order valence-electron chi connectivity index (χ1n) is 20.0. The number of nitrogens with one attached hydrogen (secondary N) is 2. The number of benzene rings is 2. The lowest BCUT2D eigenvalue weighted by Gasteiger charge is -2.49. The van der Waals surface area contributed by atoms with Gasteiger partial charge in [-0.3, -0.25) is 19.2 Å². The molecule has 0 bridgehead atoms. The van der Waals surface area contributed by atoms with E-state index in [0.717, 1.165) is 20.8 Å². The number of hydrogen-bond acceptors (Lipinski definition) is 18. The standard InChI is InChI=1S/C41H51Cl3N2O18S/c1-23(37(51)55-16-17-65(53,54)29-14-10-7-11-15-29)60-36-34(45-24(2)47)39(58-19-28-12-8-6-9-13-28)63-33(21-57-26(4)49)35(36)64-38-30(46-40(52)59-22-41(42,43)44)18-31(61-27(5)50)32(62-38)20-56-25(3)48/h6-15,23,30-36,38-39H,16-22H2,1-5H3,(H,45,47)(H,46,52)/t23-,30-,31+,32-,33-,34-,35-,36-,38+,39+/m1/s1. The number of carbonyl (C=O) groups is 6. The van der Waals surface area contributed by atoms with Gasteiger partial charge in [0.15, 0.2) is 28.5 Å². The van der Waals surface area contributed by atoms with Crippen LogP contribution in [0, 0.1) is 0 Å². The predicted molar refractivity (Wildman–Crippen MR) is 227 cm³/mol. The van der Waals surface area contributed by atoms with Crippen LogP contribution in [0.15, 0.2) is 65.6 Å². The number of sulfone groups is 1. The van der Waals surface area contributed by atoms with Gasteiger partial charge in [-0.05, 0) is 24.6 Å². The van der Waals surface area contributed by atoms with Gasteiger partial charge >= 0.3 is 30.0 Å². The maximum Gasteiger partial charge on any atom is 0.407 e. The summed E-state index contributed by atoms with van der Waals surface area (Å²) in [5.41, 5.74) is 0.694. The van der Waals surface area contributed by atoms with Crippen LogP contribution in [0.25, 0.3) is 0 Å². The summed E-state index contributed by atoms with van der Waals surface area (Å²) in [5.74, 6) is -4.40. The molecule has 2 heterocycles. The zero-order chi connectivity index (χ0) is 47.9. The molecule has 0 radical (unpaired) electrons. The molecule has 0 aromatic heterocycles. The second-order valence-corrected chi connectivity index (χ2v) is 19.3. The highest BCUT2D eigenvalue weighted by Crippen LogP contribution is 2.34. The number of ether oxygens (including phenoxy) is 10. The van der Waals surface area contributed by atoms with Gasteiger partial charge in [-0.2, -0.15) is 0 Å². The van der Waals surface area contributed by atoms with Crippen molar-refractivity contribution >= 4 is 80.5 Å². The van der Waals surface area contributed by atoms with Crippen LogP contribution in [0.5, 0.6) is 0 Å². The lowest BCUT2D eigenvalue weighted by atomic mass is 9.95. The highest BCUT2D eigenvalue weighted by Gasteiger charge is 2.53. The molecule has 2 fully saturated rings. The quantitative estimate of drug-likeness (QED) is 0.110. The van der Waals surface area contributed by atoms with Crippen molar-refractivity contribution in [2.45, 2.75) is 118 Å². The predicted octanol–water partition coefficient (Wildman–Crippen LogP) is 3.25. The topological polar surface area (TPSA) is 253 Å². The van der Waals surface area contributed by atoms with E-state index in [1.54, 1.807) is 48.5 Å². The van der Waals surface area contributed by atoms with Crippen molar-refractivity contribution in [1.82, 2.24) is 10.6 Å². The molecule has 0 saturated carbocycles. The highest BCUT2D eigenvalue weighted by atomic mass is 35.6. The minimum atomic E-state index is -3.85. The number of rotatable bonds is 20. The molecule has 0 spiro atoms. The molecule has 2 aromatic rings. The van der Waals surface area contributed by atoms with Crippen molar-refractivity contribution < 1.29 is 84.6 Å². The Labute approximate surface area is 390 Å². The molecule has 65 heavy (non-hydrogen) atoms. The molecule has 2 aromatic carbocycles. The molecule has 24 heteroatoms. The summed E-state index contributed by atoms with van der Waals surface area (Å²) < 4.78 is 82.1. The largest absolute Gasteiger partial charge is 0.463 e. The fourth-order valence-corrected chi connectivity index (χ4v) is 7.83. The highest BCUT2D eigenvalue weighted by molar-refractivity contribution is 7.91. The van der Waals surface area contributed by atoms with Gasteiger partial charge in [0, 0.05) is 34.1 Å². The monoisotopic (exact) mass is 996 g/mol. The lowest BCUT2D eigenvalue weighted by Crippen LogP contribution is -2.68. The van der Waals surface area contributed by atoms with Crippen LogP contribution in [0.4, 0.5) is 4.79 Å². The summed E-state index contributed by atoms with van der Waals surface area (Å²) in [5, 5.41) is 5.25. The SMILES string of the molecule is CC(=O)N[C@H]1[C@@H](OCc2ccccc2)O[C@H](COC(C)=O)[C@@H](O[C@@H]2O[C@H](COC(C)=O)[C@@H](OC(C)=O)C[C@H]2NC(=O)OCC(Cl)(Cl)Cl)[C@@H]1O[C@H](C)C(=O)OCCS(=O)(=O)c1ccccc1. The molecule has 2 amide bonds. The van der Waals surface area contributed by atoms with Gasteiger partial charge in [0.05, 0.1) is 23.3 Å². The fraction of sp³-hybridized carbons (Fsp3) is 0.561. The normalized spacial score (nSPS) is 25.0. The molecule has 360 valence electrons. The minimum absolute atomic E-state index is 0.0200. The third-order valence-electron chi connectivity index (χ3n) is 9.38. The molecule has 2 saturated heterocycles. The van der Waals surface area contributed by atoms with Gasteiger partial charge in [0.1, 0.15) is 63.0 Å². The van der Waals surface area contributed by atoms with Crippen molar-refractivity contribution in [3.63, 3.8) is 0 Å². The van der Waals surface area contributed by atoms with Crippen molar-refractivity contribution in [2.24, 2.45) is 0 Å². The smallest absolute Gasteiger partial charge is 0.407 e. The average Bonchev–Trinajstić information content (AvgIpc) is 3.23. The van der Waals surface area contributed by atoms with Crippen molar-refractivity contribution in [3.8, 4) is 0 Å². The van der Waals surface area contributed by atoms with Crippen LogP contribution in [0.2, 0.25) is 0 Å². The van der Waals surface area contributed by atoms with Gasteiger partial charge in [-0.25, -0.2) is 18.0 Å². The Hall–Kier alpha value is -4.32. The van der Waals surface area contributed by atoms with E-state index in [1.807, 2.05) is 0 Å².